The van der Waals surface area contributed by atoms with Crippen LogP contribution >= 0.6 is 0 Å². The van der Waals surface area contributed by atoms with Crippen molar-refractivity contribution in [2.24, 2.45) is 5.73 Å². The molecule has 3 N–H and O–H groups in total. The average Bonchev–Trinajstić information content (AvgIpc) is 2.40. The summed E-state index contributed by atoms with van der Waals surface area (Å²) in [6, 6.07) is 5.80. The second-order valence-corrected chi connectivity index (χ2v) is 7.36. The summed E-state index contributed by atoms with van der Waals surface area (Å²) in [7, 11) is -3.16. The van der Waals surface area contributed by atoms with Gasteiger partial charge >= 0.3 is 0 Å². The lowest BCUT2D eigenvalue weighted by molar-refractivity contribution is 0.193. The zero-order chi connectivity index (χ0) is 15.2. The Kier molecular flexibility index (Phi) is 6.10. The van der Waals surface area contributed by atoms with Gasteiger partial charge in [-0.25, -0.2) is 12.8 Å². The number of sulfone groups is 1. The number of hydrogen-bond acceptors (Lipinski definition) is 4. The van der Waals surface area contributed by atoms with E-state index in [0.717, 1.165) is 0 Å². The highest BCUT2D eigenvalue weighted by Crippen LogP contribution is 2.28. The van der Waals surface area contributed by atoms with Crippen LogP contribution in [-0.2, 0) is 15.3 Å². The quantitative estimate of drug-likeness (QED) is 0.757. The maximum Gasteiger partial charge on any atom is 0.150 e. The summed E-state index contributed by atoms with van der Waals surface area (Å²) < 4.78 is 36.9. The number of aliphatic hydroxyl groups excluding tert-OH is 1. The first-order chi connectivity index (χ1) is 9.39. The lowest BCUT2D eigenvalue weighted by Gasteiger charge is -2.31. The molecule has 1 aromatic rings. The van der Waals surface area contributed by atoms with Crippen LogP contribution in [0.5, 0.6) is 0 Å². The Labute approximate surface area is 119 Å². The Morgan fingerprint density at radius 2 is 2.05 bits per heavy atom. The van der Waals surface area contributed by atoms with E-state index in [4.69, 9.17) is 5.73 Å². The SMILES string of the molecule is CCCS(=O)(=O)CCC(CN)(CO)c1cccc(F)c1. The fraction of sp³-hybridized carbons (Fsp3) is 0.571. The molecule has 1 rings (SSSR count). The number of nitrogens with two attached hydrogens (primary N) is 1. The molecule has 114 valence electrons. The molecule has 0 fully saturated rings. The molecule has 0 aliphatic heterocycles. The second kappa shape index (κ2) is 7.15. The third kappa shape index (κ3) is 4.26. The van der Waals surface area contributed by atoms with Crippen molar-refractivity contribution in [3.05, 3.63) is 35.6 Å². The van der Waals surface area contributed by atoms with Crippen LogP contribution in [0.1, 0.15) is 25.3 Å². The third-order valence-electron chi connectivity index (χ3n) is 3.54. The van der Waals surface area contributed by atoms with E-state index in [1.807, 2.05) is 0 Å². The lowest BCUT2D eigenvalue weighted by atomic mass is 9.79. The molecule has 0 aliphatic rings. The fourth-order valence-corrected chi connectivity index (χ4v) is 3.71. The zero-order valence-corrected chi connectivity index (χ0v) is 12.5. The molecule has 4 nitrogen and oxygen atoms in total. The molecule has 0 amide bonds. The lowest BCUT2D eigenvalue weighted by Crippen LogP contribution is -2.40. The summed E-state index contributed by atoms with van der Waals surface area (Å²) >= 11 is 0. The van der Waals surface area contributed by atoms with Gasteiger partial charge in [-0.15, -0.1) is 0 Å². The minimum absolute atomic E-state index is 0.0604. The van der Waals surface area contributed by atoms with Crippen molar-refractivity contribution in [3.8, 4) is 0 Å². The maximum absolute atomic E-state index is 13.3. The molecule has 0 aliphatic carbocycles. The van der Waals surface area contributed by atoms with Crippen molar-refractivity contribution >= 4 is 9.84 Å². The predicted octanol–water partition coefficient (Wildman–Crippen LogP) is 1.23. The summed E-state index contributed by atoms with van der Waals surface area (Å²) in [5.41, 5.74) is 5.35. The van der Waals surface area contributed by atoms with Crippen LogP contribution in [0.2, 0.25) is 0 Å². The number of hydrogen-bond donors (Lipinski definition) is 2. The first-order valence-corrected chi connectivity index (χ1v) is 8.48. The second-order valence-electron chi connectivity index (χ2n) is 5.05. The maximum atomic E-state index is 13.3. The molecule has 0 spiro atoms. The first kappa shape index (κ1) is 17.1. The van der Waals surface area contributed by atoms with Gasteiger partial charge in [0.25, 0.3) is 0 Å². The van der Waals surface area contributed by atoms with Crippen LogP contribution in [0.4, 0.5) is 4.39 Å². The van der Waals surface area contributed by atoms with Gasteiger partial charge in [0.1, 0.15) is 15.7 Å². The molecular formula is C14H22FNO3S. The van der Waals surface area contributed by atoms with Crippen molar-refractivity contribution in [2.45, 2.75) is 25.2 Å². The Balaban J connectivity index is 2.99. The van der Waals surface area contributed by atoms with E-state index in [1.165, 1.54) is 18.2 Å². The summed E-state index contributed by atoms with van der Waals surface area (Å²) in [5, 5.41) is 9.65. The standard InChI is InChI=1S/C14H22FNO3S/c1-2-7-20(18,19)8-6-14(10-16,11-17)12-4-3-5-13(15)9-12/h3-5,9,17H,2,6-8,10-11,16H2,1H3. The number of rotatable bonds is 8. The Hall–Kier alpha value is -0.980. The van der Waals surface area contributed by atoms with Gasteiger partial charge in [0.05, 0.1) is 12.4 Å². The topological polar surface area (TPSA) is 80.4 Å². The molecule has 0 radical (unpaired) electrons. The Bertz CT molecular complexity index is 527. The van der Waals surface area contributed by atoms with E-state index in [0.29, 0.717) is 12.0 Å². The highest BCUT2D eigenvalue weighted by molar-refractivity contribution is 7.91. The van der Waals surface area contributed by atoms with E-state index in [2.05, 4.69) is 0 Å². The molecule has 0 saturated carbocycles. The van der Waals surface area contributed by atoms with E-state index in [1.54, 1.807) is 13.0 Å². The van der Waals surface area contributed by atoms with Crippen molar-refractivity contribution in [2.75, 3.05) is 24.7 Å². The van der Waals surface area contributed by atoms with E-state index in [9.17, 15) is 17.9 Å². The monoisotopic (exact) mass is 303 g/mol. The Morgan fingerprint density at radius 3 is 2.55 bits per heavy atom. The molecule has 1 unspecified atom stereocenters. The number of aliphatic hydroxyl groups is 1. The number of benzene rings is 1. The van der Waals surface area contributed by atoms with Crippen LogP contribution in [-0.4, -0.2) is 38.2 Å². The first-order valence-electron chi connectivity index (χ1n) is 6.66. The van der Waals surface area contributed by atoms with Crippen LogP contribution in [0.3, 0.4) is 0 Å². The van der Waals surface area contributed by atoms with E-state index in [-0.39, 0.29) is 31.1 Å². The van der Waals surface area contributed by atoms with Crippen LogP contribution in [0.15, 0.2) is 24.3 Å². The molecule has 0 saturated heterocycles. The van der Waals surface area contributed by atoms with Crippen LogP contribution in [0, 0.1) is 5.82 Å². The molecule has 0 bridgehead atoms. The molecule has 0 heterocycles. The molecule has 1 atom stereocenters. The van der Waals surface area contributed by atoms with Gasteiger partial charge in [0, 0.05) is 17.7 Å². The third-order valence-corrected chi connectivity index (χ3v) is 5.39. The Morgan fingerprint density at radius 1 is 1.35 bits per heavy atom. The van der Waals surface area contributed by atoms with Gasteiger partial charge < -0.3 is 10.8 Å². The van der Waals surface area contributed by atoms with Gasteiger partial charge in [-0.05, 0) is 30.5 Å². The molecule has 1 aromatic carbocycles. The van der Waals surface area contributed by atoms with Crippen molar-refractivity contribution < 1.29 is 17.9 Å². The zero-order valence-electron chi connectivity index (χ0n) is 11.7. The fourth-order valence-electron chi connectivity index (χ4n) is 2.18. The van der Waals surface area contributed by atoms with Crippen LogP contribution in [0.25, 0.3) is 0 Å². The minimum atomic E-state index is -3.16. The van der Waals surface area contributed by atoms with E-state index < -0.39 is 21.1 Å². The molecule has 0 aromatic heterocycles. The summed E-state index contributed by atoms with van der Waals surface area (Å²) in [6.45, 7) is 1.55. The normalized spacial score (nSPS) is 15.0. The smallest absolute Gasteiger partial charge is 0.150 e. The predicted molar refractivity (Wildman–Crippen MR) is 77.8 cm³/mol. The van der Waals surface area contributed by atoms with E-state index >= 15 is 0 Å². The highest BCUT2D eigenvalue weighted by Gasteiger charge is 2.32. The summed E-state index contributed by atoms with van der Waals surface area (Å²) in [4.78, 5) is 0. The van der Waals surface area contributed by atoms with Gasteiger partial charge in [-0.3, -0.25) is 0 Å². The van der Waals surface area contributed by atoms with Gasteiger partial charge in [-0.1, -0.05) is 19.1 Å². The van der Waals surface area contributed by atoms with Gasteiger partial charge in [0.15, 0.2) is 0 Å². The van der Waals surface area contributed by atoms with Gasteiger partial charge in [-0.2, -0.15) is 0 Å². The number of halogens is 1. The summed E-state index contributed by atoms with van der Waals surface area (Å²) in [5.74, 6) is -0.373. The van der Waals surface area contributed by atoms with Gasteiger partial charge in [0.2, 0.25) is 0 Å². The van der Waals surface area contributed by atoms with Crippen LogP contribution < -0.4 is 5.73 Å². The van der Waals surface area contributed by atoms with Crippen molar-refractivity contribution in [1.29, 1.82) is 0 Å². The molecule has 20 heavy (non-hydrogen) atoms. The average molecular weight is 303 g/mol. The van der Waals surface area contributed by atoms with Crippen molar-refractivity contribution in [3.63, 3.8) is 0 Å². The highest BCUT2D eigenvalue weighted by atomic mass is 32.2. The largest absolute Gasteiger partial charge is 0.395 e. The summed E-state index contributed by atoms with van der Waals surface area (Å²) in [6.07, 6.45) is 0.739. The molecule has 6 heteroatoms. The molecular weight excluding hydrogens is 281 g/mol. The van der Waals surface area contributed by atoms with Crippen molar-refractivity contribution in [1.82, 2.24) is 0 Å². The minimum Gasteiger partial charge on any atom is -0.395 e.